The number of aryl methyl sites for hydroxylation is 1. The molecule has 1 heterocycles. The van der Waals surface area contributed by atoms with Crippen LogP contribution in [-0.4, -0.2) is 29.8 Å². The summed E-state index contributed by atoms with van der Waals surface area (Å²) < 4.78 is 0. The molecule has 1 fully saturated rings. The third kappa shape index (κ3) is 4.67. The smallest absolute Gasteiger partial charge is 0.246 e. The van der Waals surface area contributed by atoms with E-state index in [0.29, 0.717) is 36.6 Å². The number of halogens is 1. The molecule has 0 bridgehead atoms. The molecule has 3 rings (SSSR count). The average molecular weight is 386 g/mol. The van der Waals surface area contributed by atoms with E-state index in [2.05, 4.69) is 10.2 Å². The monoisotopic (exact) mass is 385 g/mol. The summed E-state index contributed by atoms with van der Waals surface area (Å²) in [6.45, 7) is 3.22. The van der Waals surface area contributed by atoms with Gasteiger partial charge in [-0.1, -0.05) is 48.0 Å². The molecule has 0 aromatic heterocycles. The van der Waals surface area contributed by atoms with Crippen LogP contribution in [0.15, 0.2) is 48.5 Å². The van der Waals surface area contributed by atoms with Gasteiger partial charge in [-0.25, -0.2) is 0 Å². The van der Waals surface area contributed by atoms with E-state index in [1.165, 1.54) is 0 Å². The van der Waals surface area contributed by atoms with Gasteiger partial charge >= 0.3 is 0 Å². The van der Waals surface area contributed by atoms with Crippen molar-refractivity contribution in [2.24, 2.45) is 11.7 Å². The lowest BCUT2D eigenvalue weighted by Gasteiger charge is -2.36. The van der Waals surface area contributed by atoms with Gasteiger partial charge in [0, 0.05) is 16.6 Å². The van der Waals surface area contributed by atoms with Crippen LogP contribution in [0.5, 0.6) is 0 Å². The van der Waals surface area contributed by atoms with Crippen molar-refractivity contribution in [2.75, 3.05) is 18.4 Å². The molecule has 142 valence electrons. The summed E-state index contributed by atoms with van der Waals surface area (Å²) in [4.78, 5) is 26.7. The maximum atomic E-state index is 13.1. The Bertz CT molecular complexity index is 817. The SMILES string of the molecule is Cc1ccc(NC(=O)[C@H](c2ccccc2)N2CCC(C(N)=O)CC2)cc1Cl. The highest BCUT2D eigenvalue weighted by Gasteiger charge is 2.32. The van der Waals surface area contributed by atoms with Crippen molar-refractivity contribution in [3.63, 3.8) is 0 Å². The molecule has 2 amide bonds. The highest BCUT2D eigenvalue weighted by Crippen LogP contribution is 2.29. The quantitative estimate of drug-likeness (QED) is 0.826. The highest BCUT2D eigenvalue weighted by molar-refractivity contribution is 6.31. The van der Waals surface area contributed by atoms with Crippen molar-refractivity contribution in [1.82, 2.24) is 4.90 Å². The molecule has 1 aliphatic rings. The van der Waals surface area contributed by atoms with Crippen molar-refractivity contribution in [2.45, 2.75) is 25.8 Å². The first-order chi connectivity index (χ1) is 13.0. The van der Waals surface area contributed by atoms with Crippen molar-refractivity contribution in [3.8, 4) is 0 Å². The number of rotatable bonds is 5. The van der Waals surface area contributed by atoms with Gasteiger partial charge < -0.3 is 11.1 Å². The Labute approximate surface area is 164 Å². The standard InChI is InChI=1S/C21H24ClN3O2/c1-14-7-8-17(13-18(14)22)24-21(27)19(15-5-3-2-4-6-15)25-11-9-16(10-12-25)20(23)26/h2-8,13,16,19H,9-12H2,1H3,(H2,23,26)(H,24,27)/t19-/m0/s1. The Morgan fingerprint density at radius 2 is 1.81 bits per heavy atom. The van der Waals surface area contributed by atoms with E-state index in [9.17, 15) is 9.59 Å². The molecule has 6 heteroatoms. The number of hydrogen-bond acceptors (Lipinski definition) is 3. The van der Waals surface area contributed by atoms with E-state index in [1.54, 1.807) is 6.07 Å². The number of hydrogen-bond donors (Lipinski definition) is 2. The van der Waals surface area contributed by atoms with Gasteiger partial charge in [-0.3, -0.25) is 14.5 Å². The molecule has 0 aliphatic carbocycles. The van der Waals surface area contributed by atoms with Crippen molar-refractivity contribution in [3.05, 3.63) is 64.7 Å². The molecule has 1 atom stereocenters. The van der Waals surface area contributed by atoms with Crippen molar-refractivity contribution >= 4 is 29.1 Å². The zero-order valence-electron chi connectivity index (χ0n) is 15.3. The highest BCUT2D eigenvalue weighted by atomic mass is 35.5. The number of carbonyl (C=O) groups excluding carboxylic acids is 2. The molecule has 1 aliphatic heterocycles. The zero-order valence-corrected chi connectivity index (χ0v) is 16.1. The van der Waals surface area contributed by atoms with Crippen LogP contribution in [0, 0.1) is 12.8 Å². The lowest BCUT2D eigenvalue weighted by molar-refractivity contribution is -0.125. The summed E-state index contributed by atoms with van der Waals surface area (Å²) in [5.74, 6) is -0.486. The fourth-order valence-electron chi connectivity index (χ4n) is 3.49. The van der Waals surface area contributed by atoms with Crippen LogP contribution in [-0.2, 0) is 9.59 Å². The molecule has 1 saturated heterocycles. The van der Waals surface area contributed by atoms with E-state index in [1.807, 2.05) is 49.4 Å². The van der Waals surface area contributed by atoms with Gasteiger partial charge in [0.15, 0.2) is 0 Å². The first-order valence-corrected chi connectivity index (χ1v) is 9.49. The minimum absolute atomic E-state index is 0.112. The number of carbonyl (C=O) groups is 2. The van der Waals surface area contributed by atoms with Gasteiger partial charge in [0.2, 0.25) is 11.8 Å². The molecule has 27 heavy (non-hydrogen) atoms. The number of benzene rings is 2. The number of nitrogens with zero attached hydrogens (tertiary/aromatic N) is 1. The summed E-state index contributed by atoms with van der Waals surface area (Å²) in [5, 5.41) is 3.60. The van der Waals surface area contributed by atoms with Crippen molar-refractivity contribution < 1.29 is 9.59 Å². The Morgan fingerprint density at radius 1 is 1.15 bits per heavy atom. The number of anilines is 1. The predicted molar refractivity (Wildman–Crippen MR) is 107 cm³/mol. The molecule has 3 N–H and O–H groups in total. The van der Waals surface area contributed by atoms with E-state index >= 15 is 0 Å². The average Bonchev–Trinajstić information content (AvgIpc) is 2.66. The predicted octanol–water partition coefficient (Wildman–Crippen LogP) is 3.53. The minimum atomic E-state index is -0.430. The second-order valence-corrected chi connectivity index (χ2v) is 7.39. The first kappa shape index (κ1) is 19.4. The van der Waals surface area contributed by atoms with E-state index in [4.69, 9.17) is 17.3 Å². The third-order valence-electron chi connectivity index (χ3n) is 5.10. The lowest BCUT2D eigenvalue weighted by atomic mass is 9.93. The number of primary amides is 1. The Balaban J connectivity index is 1.81. The third-order valence-corrected chi connectivity index (χ3v) is 5.51. The lowest BCUT2D eigenvalue weighted by Crippen LogP contribution is -2.44. The van der Waals surface area contributed by atoms with Crippen LogP contribution in [0.2, 0.25) is 5.02 Å². The molecule has 0 radical (unpaired) electrons. The van der Waals surface area contributed by atoms with Crippen LogP contribution in [0.4, 0.5) is 5.69 Å². The zero-order chi connectivity index (χ0) is 19.4. The molecular weight excluding hydrogens is 362 g/mol. The maximum Gasteiger partial charge on any atom is 0.246 e. The Kier molecular flexibility index (Phi) is 6.14. The van der Waals surface area contributed by atoms with Gasteiger partial charge in [-0.2, -0.15) is 0 Å². The van der Waals surface area contributed by atoms with Crippen LogP contribution in [0.3, 0.4) is 0 Å². The Hall–Kier alpha value is -2.37. The van der Waals surface area contributed by atoms with E-state index in [-0.39, 0.29) is 17.7 Å². The number of likely N-dealkylation sites (tertiary alicyclic amines) is 1. The number of piperidine rings is 1. The van der Waals surface area contributed by atoms with Gasteiger partial charge in [0.05, 0.1) is 0 Å². The van der Waals surface area contributed by atoms with Crippen molar-refractivity contribution in [1.29, 1.82) is 0 Å². The van der Waals surface area contributed by atoms with Crippen LogP contribution in [0.25, 0.3) is 0 Å². The van der Waals surface area contributed by atoms with Crippen LogP contribution < -0.4 is 11.1 Å². The molecule has 5 nitrogen and oxygen atoms in total. The number of nitrogens with one attached hydrogen (secondary N) is 1. The van der Waals surface area contributed by atoms with Gasteiger partial charge in [0.25, 0.3) is 0 Å². The second kappa shape index (κ2) is 8.55. The molecule has 0 spiro atoms. The molecule has 0 unspecified atom stereocenters. The topological polar surface area (TPSA) is 75.4 Å². The van der Waals surface area contributed by atoms with Crippen LogP contribution in [0.1, 0.15) is 30.0 Å². The molecule has 2 aromatic rings. The van der Waals surface area contributed by atoms with Gasteiger partial charge in [-0.05, 0) is 56.1 Å². The fourth-order valence-corrected chi connectivity index (χ4v) is 3.67. The summed E-state index contributed by atoms with van der Waals surface area (Å²) in [5.41, 5.74) is 7.99. The second-order valence-electron chi connectivity index (χ2n) is 6.98. The first-order valence-electron chi connectivity index (χ1n) is 9.11. The summed E-state index contributed by atoms with van der Waals surface area (Å²) in [6.07, 6.45) is 1.34. The normalized spacial score (nSPS) is 16.7. The minimum Gasteiger partial charge on any atom is -0.369 e. The summed E-state index contributed by atoms with van der Waals surface area (Å²) >= 11 is 6.18. The van der Waals surface area contributed by atoms with Gasteiger partial charge in [0.1, 0.15) is 6.04 Å². The molecule has 2 aromatic carbocycles. The fraction of sp³-hybridized carbons (Fsp3) is 0.333. The van der Waals surface area contributed by atoms with Crippen LogP contribution >= 0.6 is 11.6 Å². The summed E-state index contributed by atoms with van der Waals surface area (Å²) in [6, 6.07) is 14.7. The molecular formula is C21H24ClN3O2. The number of amides is 2. The van der Waals surface area contributed by atoms with E-state index in [0.717, 1.165) is 11.1 Å². The number of nitrogens with two attached hydrogens (primary N) is 1. The maximum absolute atomic E-state index is 13.1. The van der Waals surface area contributed by atoms with E-state index < -0.39 is 6.04 Å². The largest absolute Gasteiger partial charge is 0.369 e. The Morgan fingerprint density at radius 3 is 2.41 bits per heavy atom. The van der Waals surface area contributed by atoms with Gasteiger partial charge in [-0.15, -0.1) is 0 Å². The molecule has 0 saturated carbocycles. The summed E-state index contributed by atoms with van der Waals surface area (Å²) in [7, 11) is 0.